The molecule has 2 aromatic heterocycles. The lowest BCUT2D eigenvalue weighted by Crippen LogP contribution is -2.47. The first-order valence-electron chi connectivity index (χ1n) is 10.5. The van der Waals surface area contributed by atoms with Crippen molar-refractivity contribution in [1.82, 2.24) is 19.9 Å². The number of fused-ring (bicyclic) bond motifs is 1. The highest BCUT2D eigenvalue weighted by atomic mass is 19.1. The number of aliphatic hydroxyl groups is 1. The van der Waals surface area contributed by atoms with Gasteiger partial charge in [0.2, 0.25) is 0 Å². The van der Waals surface area contributed by atoms with Crippen LogP contribution in [0.4, 0.5) is 20.4 Å². The number of anilines is 2. The summed E-state index contributed by atoms with van der Waals surface area (Å²) in [6.07, 6.45) is 4.53. The van der Waals surface area contributed by atoms with Crippen molar-refractivity contribution in [3.8, 4) is 0 Å². The molecule has 3 heterocycles. The molecule has 162 valence electrons. The third-order valence-electron chi connectivity index (χ3n) is 5.98. The van der Waals surface area contributed by atoms with E-state index in [1.165, 1.54) is 12.1 Å². The molecule has 1 saturated heterocycles. The normalized spacial score (nSPS) is 21.8. The van der Waals surface area contributed by atoms with Gasteiger partial charge in [-0.25, -0.2) is 18.7 Å². The van der Waals surface area contributed by atoms with Gasteiger partial charge in [-0.1, -0.05) is 6.07 Å². The topological polar surface area (TPSA) is 77.4 Å². The number of nitrogens with zero attached hydrogens (tertiary/aromatic N) is 5. The maximum absolute atomic E-state index is 14.0. The van der Waals surface area contributed by atoms with E-state index in [2.05, 4.69) is 20.1 Å². The lowest BCUT2D eigenvalue weighted by atomic mass is 9.89. The molecule has 2 aliphatic rings. The van der Waals surface area contributed by atoms with Gasteiger partial charge in [-0.2, -0.15) is 0 Å². The smallest absolute Gasteiger partial charge is 0.172 e. The van der Waals surface area contributed by atoms with Crippen molar-refractivity contribution in [3.05, 3.63) is 53.9 Å². The van der Waals surface area contributed by atoms with Gasteiger partial charge in [-0.3, -0.25) is 9.88 Å². The van der Waals surface area contributed by atoms with Crippen LogP contribution in [0.2, 0.25) is 0 Å². The number of hydrogen-bond acceptors (Lipinski definition) is 7. The molecule has 0 atom stereocenters. The zero-order valence-corrected chi connectivity index (χ0v) is 17.0. The van der Waals surface area contributed by atoms with Crippen LogP contribution in [-0.2, 0) is 6.54 Å². The van der Waals surface area contributed by atoms with Crippen LogP contribution in [0.3, 0.4) is 0 Å². The fourth-order valence-electron chi connectivity index (χ4n) is 4.12. The highest BCUT2D eigenvalue weighted by Crippen LogP contribution is 2.30. The fourth-order valence-corrected chi connectivity index (χ4v) is 4.12. The molecule has 0 amide bonds. The van der Waals surface area contributed by atoms with Crippen molar-refractivity contribution in [3.63, 3.8) is 0 Å². The van der Waals surface area contributed by atoms with E-state index in [0.717, 1.165) is 49.1 Å². The maximum atomic E-state index is 14.0. The molecule has 1 aromatic carbocycles. The Morgan fingerprint density at radius 3 is 2.58 bits per heavy atom. The summed E-state index contributed by atoms with van der Waals surface area (Å²) >= 11 is 0. The zero-order chi connectivity index (χ0) is 21.4. The Morgan fingerprint density at radius 1 is 1.03 bits per heavy atom. The fraction of sp³-hybridized carbons (Fsp3) is 0.409. The average Bonchev–Trinajstić information content (AvgIpc) is 2.75. The first-order valence-corrected chi connectivity index (χ1v) is 10.5. The summed E-state index contributed by atoms with van der Waals surface area (Å²) < 4.78 is 27.2. The van der Waals surface area contributed by atoms with Gasteiger partial charge >= 0.3 is 0 Å². The molecule has 1 aliphatic heterocycles. The zero-order valence-electron chi connectivity index (χ0n) is 17.0. The van der Waals surface area contributed by atoms with Crippen molar-refractivity contribution in [2.45, 2.75) is 31.5 Å². The number of rotatable bonds is 5. The molecule has 1 saturated carbocycles. The molecule has 5 rings (SSSR count). The maximum Gasteiger partial charge on any atom is 0.172 e. The standard InChI is InChI=1S/C22H24F2N6O/c23-15-2-1-14(18(24)9-15)13-29-5-7-30(8-6-29)22-21(26-16-10-17(31)11-16)27-20-12-25-4-3-19(20)28-22/h1-4,9,12,16-17,31H,5-8,10-11,13H2,(H,26,27). The minimum absolute atomic E-state index is 0.180. The molecular formula is C22H24F2N6O. The lowest BCUT2D eigenvalue weighted by molar-refractivity contribution is 0.0835. The first-order chi connectivity index (χ1) is 15.0. The SMILES string of the molecule is OC1CC(Nc2nc3cnccc3nc2N2CCN(Cc3ccc(F)cc3F)CC2)C1. The minimum atomic E-state index is -0.560. The van der Waals surface area contributed by atoms with Crippen LogP contribution < -0.4 is 10.2 Å². The van der Waals surface area contributed by atoms with Crippen LogP contribution in [0.15, 0.2) is 36.7 Å². The summed E-state index contributed by atoms with van der Waals surface area (Å²) in [7, 11) is 0. The van der Waals surface area contributed by atoms with E-state index >= 15 is 0 Å². The molecule has 1 aliphatic carbocycles. The number of hydrogen-bond donors (Lipinski definition) is 2. The third-order valence-corrected chi connectivity index (χ3v) is 5.98. The van der Waals surface area contributed by atoms with Crippen molar-refractivity contribution in [1.29, 1.82) is 0 Å². The Balaban J connectivity index is 1.32. The average molecular weight is 426 g/mol. The van der Waals surface area contributed by atoms with Crippen LogP contribution in [0.1, 0.15) is 18.4 Å². The second-order valence-electron chi connectivity index (χ2n) is 8.23. The molecule has 7 nitrogen and oxygen atoms in total. The largest absolute Gasteiger partial charge is 0.393 e. The van der Waals surface area contributed by atoms with Gasteiger partial charge < -0.3 is 15.3 Å². The van der Waals surface area contributed by atoms with E-state index in [1.54, 1.807) is 12.4 Å². The second-order valence-corrected chi connectivity index (χ2v) is 8.23. The monoisotopic (exact) mass is 426 g/mol. The number of pyridine rings is 1. The highest BCUT2D eigenvalue weighted by Gasteiger charge is 2.30. The highest BCUT2D eigenvalue weighted by molar-refractivity contribution is 5.80. The molecule has 0 unspecified atom stereocenters. The van der Waals surface area contributed by atoms with Crippen molar-refractivity contribution in [2.24, 2.45) is 0 Å². The summed E-state index contributed by atoms with van der Waals surface area (Å²) in [5.41, 5.74) is 2.00. The molecule has 2 N–H and O–H groups in total. The Bertz CT molecular complexity index is 1080. The quantitative estimate of drug-likeness (QED) is 0.649. The molecule has 2 fully saturated rings. The van der Waals surface area contributed by atoms with Crippen LogP contribution >= 0.6 is 0 Å². The minimum Gasteiger partial charge on any atom is -0.393 e. The molecule has 0 spiro atoms. The van der Waals surface area contributed by atoms with E-state index in [9.17, 15) is 13.9 Å². The summed E-state index contributed by atoms with van der Waals surface area (Å²) in [6, 6.07) is 5.76. The van der Waals surface area contributed by atoms with Gasteiger partial charge in [0.25, 0.3) is 0 Å². The van der Waals surface area contributed by atoms with E-state index in [1.807, 2.05) is 6.07 Å². The number of aromatic nitrogens is 3. The van der Waals surface area contributed by atoms with Crippen molar-refractivity contribution < 1.29 is 13.9 Å². The summed E-state index contributed by atoms with van der Waals surface area (Å²) in [4.78, 5) is 18.1. The van der Waals surface area contributed by atoms with Crippen molar-refractivity contribution >= 4 is 22.7 Å². The van der Waals surface area contributed by atoms with Gasteiger partial charge in [-0.15, -0.1) is 0 Å². The van der Waals surface area contributed by atoms with Crippen molar-refractivity contribution in [2.75, 3.05) is 36.4 Å². The van der Waals surface area contributed by atoms with Crippen LogP contribution in [0.25, 0.3) is 11.0 Å². The Labute approximate surface area is 178 Å². The molecule has 3 aromatic rings. The van der Waals surface area contributed by atoms with E-state index in [0.29, 0.717) is 30.8 Å². The number of piperazine rings is 1. The second kappa shape index (κ2) is 8.32. The molecule has 31 heavy (non-hydrogen) atoms. The van der Waals surface area contributed by atoms with Crippen LogP contribution in [0, 0.1) is 11.6 Å². The Morgan fingerprint density at radius 2 is 1.84 bits per heavy atom. The first kappa shape index (κ1) is 20.0. The summed E-state index contributed by atoms with van der Waals surface area (Å²) in [5, 5.41) is 13.1. The predicted octanol–water partition coefficient (Wildman–Crippen LogP) is 2.56. The number of halogens is 2. The Kier molecular flexibility index (Phi) is 5.37. The Hall–Kier alpha value is -2.91. The van der Waals surface area contributed by atoms with E-state index in [-0.39, 0.29) is 12.1 Å². The predicted molar refractivity (Wildman–Crippen MR) is 114 cm³/mol. The number of benzene rings is 1. The third kappa shape index (κ3) is 4.28. The van der Waals surface area contributed by atoms with Gasteiger partial charge in [0.05, 0.1) is 17.8 Å². The van der Waals surface area contributed by atoms with Gasteiger partial charge in [0.1, 0.15) is 17.2 Å². The van der Waals surface area contributed by atoms with Gasteiger partial charge in [0.15, 0.2) is 11.6 Å². The van der Waals surface area contributed by atoms with E-state index in [4.69, 9.17) is 9.97 Å². The molecule has 9 heteroatoms. The summed E-state index contributed by atoms with van der Waals surface area (Å²) in [5.74, 6) is 0.420. The number of nitrogens with one attached hydrogen (secondary N) is 1. The molecular weight excluding hydrogens is 402 g/mol. The van der Waals surface area contributed by atoms with Crippen LogP contribution in [-0.4, -0.2) is 63.3 Å². The van der Waals surface area contributed by atoms with Crippen LogP contribution in [0.5, 0.6) is 0 Å². The molecule has 0 bridgehead atoms. The van der Waals surface area contributed by atoms with Gasteiger partial charge in [-0.05, 0) is 25.0 Å². The molecule has 0 radical (unpaired) electrons. The summed E-state index contributed by atoms with van der Waals surface area (Å²) in [6.45, 7) is 3.34. The lowest BCUT2D eigenvalue weighted by Gasteiger charge is -2.37. The number of aliphatic hydroxyl groups excluding tert-OH is 1. The van der Waals surface area contributed by atoms with Gasteiger partial charge in [0, 0.05) is 56.6 Å². The van der Waals surface area contributed by atoms with E-state index < -0.39 is 11.6 Å².